The maximum absolute atomic E-state index is 13.3. The van der Waals surface area contributed by atoms with Crippen molar-refractivity contribution in [2.45, 2.75) is 38.2 Å². The number of hydrogen-bond acceptors (Lipinski definition) is 2. The molecule has 1 atom stereocenters. The summed E-state index contributed by atoms with van der Waals surface area (Å²) in [5, 5.41) is 12.6. The minimum Gasteiger partial charge on any atom is -0.392 e. The maximum Gasteiger partial charge on any atom is 0.416 e. The Labute approximate surface area is 133 Å². The van der Waals surface area contributed by atoms with Gasteiger partial charge < -0.3 is 5.11 Å². The van der Waals surface area contributed by atoms with Crippen LogP contribution in [0.15, 0.2) is 42.5 Å². The molecule has 1 unspecified atom stereocenters. The van der Waals surface area contributed by atoms with Crippen LogP contribution in [0.1, 0.15) is 47.7 Å². The lowest BCUT2D eigenvalue weighted by Crippen LogP contribution is -2.32. The first-order valence-corrected chi connectivity index (χ1v) is 7.42. The van der Waals surface area contributed by atoms with Crippen molar-refractivity contribution >= 4 is 0 Å². The van der Waals surface area contributed by atoms with Gasteiger partial charge >= 0.3 is 6.18 Å². The standard InChI is InChI=1S/C18H18F3NO/c1-17(2)14-8-7-11(10-23)9-13(14)16(22-17)12-5-3-4-6-15(12)18(19,20)21/h3-9,16,22-23H,10H2,1-2H3. The number of aliphatic hydroxyl groups is 1. The smallest absolute Gasteiger partial charge is 0.392 e. The van der Waals surface area contributed by atoms with Gasteiger partial charge in [0.05, 0.1) is 18.2 Å². The highest BCUT2D eigenvalue weighted by molar-refractivity contribution is 5.49. The lowest BCUT2D eigenvalue weighted by Gasteiger charge is -2.23. The second-order valence-corrected chi connectivity index (χ2v) is 6.37. The molecule has 1 heterocycles. The molecule has 0 aliphatic carbocycles. The third-order valence-corrected chi connectivity index (χ3v) is 4.37. The summed E-state index contributed by atoms with van der Waals surface area (Å²) >= 11 is 0. The molecule has 2 aromatic rings. The van der Waals surface area contributed by atoms with E-state index in [1.807, 2.05) is 19.9 Å². The van der Waals surface area contributed by atoms with Crippen LogP contribution in [0.25, 0.3) is 0 Å². The van der Waals surface area contributed by atoms with Gasteiger partial charge in [-0.15, -0.1) is 0 Å². The number of aliphatic hydroxyl groups excluding tert-OH is 1. The molecule has 2 nitrogen and oxygen atoms in total. The first-order valence-electron chi connectivity index (χ1n) is 7.42. The molecule has 2 N–H and O–H groups in total. The van der Waals surface area contributed by atoms with Gasteiger partial charge in [0.1, 0.15) is 0 Å². The van der Waals surface area contributed by atoms with Gasteiger partial charge in [0.15, 0.2) is 0 Å². The van der Waals surface area contributed by atoms with Crippen LogP contribution in [0.2, 0.25) is 0 Å². The fourth-order valence-corrected chi connectivity index (χ4v) is 3.29. The summed E-state index contributed by atoms with van der Waals surface area (Å²) in [5.74, 6) is 0. The molecule has 0 amide bonds. The van der Waals surface area contributed by atoms with E-state index in [4.69, 9.17) is 0 Å². The molecule has 5 heteroatoms. The van der Waals surface area contributed by atoms with Crippen molar-refractivity contribution in [2.24, 2.45) is 0 Å². The minimum atomic E-state index is -4.40. The molecule has 3 rings (SSSR count). The molecular weight excluding hydrogens is 303 g/mol. The zero-order valence-electron chi connectivity index (χ0n) is 12.9. The molecular formula is C18H18F3NO. The van der Waals surface area contributed by atoms with Crippen molar-refractivity contribution in [2.75, 3.05) is 0 Å². The van der Waals surface area contributed by atoms with Gasteiger partial charge in [0.25, 0.3) is 0 Å². The normalized spacial score (nSPS) is 19.7. The molecule has 0 spiro atoms. The number of alkyl halides is 3. The van der Waals surface area contributed by atoms with Crippen molar-refractivity contribution in [3.05, 3.63) is 70.3 Å². The highest BCUT2D eigenvalue weighted by Gasteiger charge is 2.41. The van der Waals surface area contributed by atoms with Crippen LogP contribution in [0.5, 0.6) is 0 Å². The third-order valence-electron chi connectivity index (χ3n) is 4.37. The zero-order valence-corrected chi connectivity index (χ0v) is 12.9. The molecule has 0 bridgehead atoms. The monoisotopic (exact) mass is 321 g/mol. The second-order valence-electron chi connectivity index (χ2n) is 6.37. The highest BCUT2D eigenvalue weighted by atomic mass is 19.4. The van der Waals surface area contributed by atoms with Crippen LogP contribution >= 0.6 is 0 Å². The summed E-state index contributed by atoms with van der Waals surface area (Å²) < 4.78 is 40.0. The van der Waals surface area contributed by atoms with E-state index >= 15 is 0 Å². The molecule has 0 radical (unpaired) electrons. The van der Waals surface area contributed by atoms with E-state index in [1.54, 1.807) is 18.2 Å². The van der Waals surface area contributed by atoms with Crippen molar-refractivity contribution in [1.82, 2.24) is 5.32 Å². The molecule has 0 fully saturated rings. The second kappa shape index (κ2) is 5.35. The van der Waals surface area contributed by atoms with Gasteiger partial charge in [-0.1, -0.05) is 36.4 Å². The van der Waals surface area contributed by atoms with E-state index in [9.17, 15) is 18.3 Å². The molecule has 0 saturated heterocycles. The Hall–Kier alpha value is -1.85. The van der Waals surface area contributed by atoms with Crippen LogP contribution in [0.3, 0.4) is 0 Å². The van der Waals surface area contributed by atoms with Gasteiger partial charge in [0, 0.05) is 5.54 Å². The Bertz CT molecular complexity index is 737. The van der Waals surface area contributed by atoms with Gasteiger partial charge in [-0.2, -0.15) is 13.2 Å². The Kier molecular flexibility index (Phi) is 3.73. The summed E-state index contributed by atoms with van der Waals surface area (Å²) in [5.41, 5.74) is 1.58. The van der Waals surface area contributed by atoms with E-state index in [2.05, 4.69) is 5.32 Å². The zero-order chi connectivity index (χ0) is 16.8. The largest absolute Gasteiger partial charge is 0.416 e. The van der Waals surface area contributed by atoms with Crippen LogP contribution in [0, 0.1) is 0 Å². The van der Waals surface area contributed by atoms with Crippen molar-refractivity contribution in [1.29, 1.82) is 0 Å². The van der Waals surface area contributed by atoms with Gasteiger partial charge in [-0.3, -0.25) is 5.32 Å². The average Bonchev–Trinajstić information content (AvgIpc) is 2.77. The number of fused-ring (bicyclic) bond motifs is 1. The molecule has 1 aliphatic heterocycles. The summed E-state index contributed by atoms with van der Waals surface area (Å²) in [6, 6.07) is 10.6. The van der Waals surface area contributed by atoms with Crippen molar-refractivity contribution < 1.29 is 18.3 Å². The first-order chi connectivity index (χ1) is 10.7. The van der Waals surface area contributed by atoms with Crippen LogP contribution in [0.4, 0.5) is 13.2 Å². The van der Waals surface area contributed by atoms with Crippen LogP contribution in [-0.2, 0) is 18.3 Å². The first kappa shape index (κ1) is 16.0. The highest BCUT2D eigenvalue weighted by Crippen LogP contribution is 2.44. The lowest BCUT2D eigenvalue weighted by molar-refractivity contribution is -0.138. The van der Waals surface area contributed by atoms with Gasteiger partial charge in [0.2, 0.25) is 0 Å². The van der Waals surface area contributed by atoms with E-state index < -0.39 is 23.3 Å². The average molecular weight is 321 g/mol. The molecule has 1 aliphatic rings. The number of halogens is 3. The van der Waals surface area contributed by atoms with Gasteiger partial charge in [-0.25, -0.2) is 0 Å². The van der Waals surface area contributed by atoms with Crippen LogP contribution < -0.4 is 5.32 Å². The summed E-state index contributed by atoms with van der Waals surface area (Å²) in [6.07, 6.45) is -4.40. The molecule has 122 valence electrons. The number of rotatable bonds is 2. The lowest BCUT2D eigenvalue weighted by atomic mass is 9.90. The SMILES string of the molecule is CC1(C)NC(c2ccccc2C(F)(F)F)c2cc(CO)ccc21. The Morgan fingerprint density at radius 2 is 1.78 bits per heavy atom. The van der Waals surface area contributed by atoms with E-state index in [1.165, 1.54) is 12.1 Å². The quantitative estimate of drug-likeness (QED) is 0.872. The van der Waals surface area contributed by atoms with E-state index in [-0.39, 0.29) is 12.2 Å². The Balaban J connectivity index is 2.18. The minimum absolute atomic E-state index is 0.138. The summed E-state index contributed by atoms with van der Waals surface area (Å²) in [4.78, 5) is 0. The molecule has 23 heavy (non-hydrogen) atoms. The third kappa shape index (κ3) is 2.75. The Morgan fingerprint density at radius 3 is 2.43 bits per heavy atom. The number of nitrogens with one attached hydrogen (secondary N) is 1. The topological polar surface area (TPSA) is 32.3 Å². The van der Waals surface area contributed by atoms with Crippen molar-refractivity contribution in [3.8, 4) is 0 Å². The van der Waals surface area contributed by atoms with Gasteiger partial charge in [-0.05, 0) is 42.2 Å². The number of hydrogen-bond donors (Lipinski definition) is 2. The van der Waals surface area contributed by atoms with E-state index in [0.717, 1.165) is 17.2 Å². The summed E-state index contributed by atoms with van der Waals surface area (Å²) in [6.45, 7) is 3.75. The predicted molar refractivity (Wildman–Crippen MR) is 81.8 cm³/mol. The molecule has 0 aromatic heterocycles. The van der Waals surface area contributed by atoms with Crippen LogP contribution in [-0.4, -0.2) is 5.11 Å². The number of benzene rings is 2. The Morgan fingerprint density at radius 1 is 1.09 bits per heavy atom. The maximum atomic E-state index is 13.3. The molecule has 2 aromatic carbocycles. The fourth-order valence-electron chi connectivity index (χ4n) is 3.29. The summed E-state index contributed by atoms with van der Waals surface area (Å²) in [7, 11) is 0. The fraction of sp³-hybridized carbons (Fsp3) is 0.333. The van der Waals surface area contributed by atoms with Crippen molar-refractivity contribution in [3.63, 3.8) is 0 Å². The molecule has 0 saturated carbocycles. The van der Waals surface area contributed by atoms with E-state index in [0.29, 0.717) is 5.56 Å². The predicted octanol–water partition coefficient (Wildman–Crippen LogP) is 4.13.